The van der Waals surface area contributed by atoms with E-state index in [1.165, 1.54) is 0 Å². The number of hydrogen-bond donors (Lipinski definition) is 2. The number of methoxy groups -OCH3 is 2. The van der Waals surface area contributed by atoms with E-state index in [4.69, 9.17) is 25.1 Å². The van der Waals surface area contributed by atoms with Gasteiger partial charge in [-0.25, -0.2) is 0 Å². The Morgan fingerprint density at radius 3 is 1.37 bits per heavy atom. The zero-order valence-corrected chi connectivity index (χ0v) is 27.8. The van der Waals surface area contributed by atoms with Gasteiger partial charge in [-0.3, -0.25) is 0 Å². The molecule has 0 aliphatic heterocycles. The number of rotatable bonds is 13. The van der Waals surface area contributed by atoms with Crippen molar-refractivity contribution in [2.45, 2.75) is 90.5 Å². The molecule has 0 aromatic heterocycles. The number of hydrogen-bond acceptors (Lipinski definition) is 12. The monoisotopic (exact) mass is 724 g/mol. The van der Waals surface area contributed by atoms with Crippen LogP contribution in [-0.4, -0.2) is 73.6 Å². The molecule has 0 bridgehead atoms. The standard InChI is InChI=1S/C28H41IN2O12/c1-27(2,3)40-25(36)30-19(23(34)38-7)14-16-21(32)42-29(18-12-10-9-11-13-18)43-22(33)17-15-20(24(35)39-8)31-26(37)41-28(4,5)6/h9-13,19-20H,14-17H2,1-8H3,(H,30,36)(H,31,37)/t19-,20-/m0/s1. The maximum absolute atomic E-state index is 12.8. The number of halogens is 1. The van der Waals surface area contributed by atoms with Crippen LogP contribution in [0.3, 0.4) is 0 Å². The maximum atomic E-state index is 12.8. The van der Waals surface area contributed by atoms with E-state index in [2.05, 4.69) is 10.6 Å². The van der Waals surface area contributed by atoms with Crippen LogP contribution in [-0.2, 0) is 44.3 Å². The van der Waals surface area contributed by atoms with Crippen molar-refractivity contribution in [3.05, 3.63) is 33.9 Å². The summed E-state index contributed by atoms with van der Waals surface area (Å²) in [5.41, 5.74) is -1.63. The summed E-state index contributed by atoms with van der Waals surface area (Å²) in [6, 6.07) is 5.97. The van der Waals surface area contributed by atoms with E-state index in [1.807, 2.05) is 0 Å². The van der Waals surface area contributed by atoms with Crippen molar-refractivity contribution in [2.24, 2.45) is 0 Å². The van der Waals surface area contributed by atoms with Gasteiger partial charge in [-0.05, 0) is 0 Å². The van der Waals surface area contributed by atoms with Crippen molar-refractivity contribution in [1.29, 1.82) is 0 Å². The molecule has 1 aromatic carbocycles. The molecular weight excluding hydrogens is 683 g/mol. The van der Waals surface area contributed by atoms with Gasteiger partial charge in [-0.1, -0.05) is 0 Å². The molecule has 0 heterocycles. The Morgan fingerprint density at radius 1 is 0.674 bits per heavy atom. The molecule has 2 N–H and O–H groups in total. The molecule has 0 unspecified atom stereocenters. The van der Waals surface area contributed by atoms with E-state index < -0.39 is 80.0 Å². The molecule has 0 saturated carbocycles. The van der Waals surface area contributed by atoms with E-state index in [-0.39, 0.29) is 25.7 Å². The third kappa shape index (κ3) is 16.0. The van der Waals surface area contributed by atoms with Crippen LogP contribution in [0.2, 0.25) is 0 Å². The summed E-state index contributed by atoms with van der Waals surface area (Å²) in [4.78, 5) is 74.2. The summed E-state index contributed by atoms with van der Waals surface area (Å²) in [6.07, 6.45) is -2.72. The fraction of sp³-hybridized carbons (Fsp3) is 0.571. The van der Waals surface area contributed by atoms with Crippen LogP contribution in [0.15, 0.2) is 30.3 Å². The molecule has 15 heteroatoms. The van der Waals surface area contributed by atoms with Gasteiger partial charge in [0.1, 0.15) is 0 Å². The van der Waals surface area contributed by atoms with Crippen LogP contribution in [0.5, 0.6) is 0 Å². The predicted molar refractivity (Wildman–Crippen MR) is 160 cm³/mol. The Morgan fingerprint density at radius 2 is 1.05 bits per heavy atom. The Hall–Kier alpha value is -3.63. The second-order valence-corrected chi connectivity index (χ2v) is 14.3. The summed E-state index contributed by atoms with van der Waals surface area (Å²) >= 11 is -3.39. The van der Waals surface area contributed by atoms with Gasteiger partial charge in [0.15, 0.2) is 0 Å². The quantitative estimate of drug-likeness (QED) is 0.170. The summed E-state index contributed by atoms with van der Waals surface area (Å²) < 4.78 is 31.3. The third-order valence-corrected chi connectivity index (χ3v) is 8.37. The van der Waals surface area contributed by atoms with Gasteiger partial charge in [0.05, 0.1) is 0 Å². The van der Waals surface area contributed by atoms with Crippen LogP contribution < -0.4 is 10.6 Å². The van der Waals surface area contributed by atoms with Gasteiger partial charge in [-0.2, -0.15) is 0 Å². The van der Waals surface area contributed by atoms with E-state index >= 15 is 0 Å². The molecule has 43 heavy (non-hydrogen) atoms. The van der Waals surface area contributed by atoms with Gasteiger partial charge >= 0.3 is 260 Å². The van der Waals surface area contributed by atoms with Crippen molar-refractivity contribution < 1.29 is 53.8 Å². The molecule has 0 radical (unpaired) electrons. The number of ether oxygens (including phenoxy) is 4. The van der Waals surface area contributed by atoms with Crippen molar-refractivity contribution in [2.75, 3.05) is 14.2 Å². The molecule has 0 aliphatic rings. The van der Waals surface area contributed by atoms with E-state index in [0.717, 1.165) is 14.2 Å². The Balaban J connectivity index is 2.89. The number of amides is 2. The molecule has 2 amide bonds. The minimum absolute atomic E-state index is 0.172. The van der Waals surface area contributed by atoms with Crippen LogP contribution in [0.4, 0.5) is 9.59 Å². The van der Waals surface area contributed by atoms with Gasteiger partial charge < -0.3 is 0 Å². The van der Waals surface area contributed by atoms with Crippen molar-refractivity contribution in [1.82, 2.24) is 10.6 Å². The number of alkyl carbamates (subject to hydrolysis) is 2. The molecule has 0 aliphatic carbocycles. The molecule has 1 rings (SSSR count). The molecule has 14 nitrogen and oxygen atoms in total. The fourth-order valence-electron chi connectivity index (χ4n) is 3.06. The SMILES string of the molecule is COC(=O)[C@H](CCC(=O)OI(OC(=O)CC[C@H](NC(=O)OC(C)(C)C)C(=O)OC)c1ccccc1)NC(=O)OC(C)(C)C. The fourth-order valence-corrected chi connectivity index (χ4v) is 6.00. The predicted octanol–water partition coefficient (Wildman–Crippen LogP) is 3.97. The first-order valence-corrected chi connectivity index (χ1v) is 16.1. The summed E-state index contributed by atoms with van der Waals surface area (Å²) in [7, 11) is 2.27. The Kier molecular flexibility index (Phi) is 15.2. The van der Waals surface area contributed by atoms with Crippen LogP contribution >= 0.6 is 20.6 Å². The molecule has 1 aromatic rings. The average molecular weight is 725 g/mol. The van der Waals surface area contributed by atoms with Gasteiger partial charge in [-0.15, -0.1) is 0 Å². The second-order valence-electron chi connectivity index (χ2n) is 10.9. The average Bonchev–Trinajstić information content (AvgIpc) is 2.90. The molecule has 242 valence electrons. The zero-order valence-electron chi connectivity index (χ0n) is 25.6. The van der Waals surface area contributed by atoms with Crippen molar-refractivity contribution in [3.63, 3.8) is 0 Å². The van der Waals surface area contributed by atoms with Crippen molar-refractivity contribution >= 4 is 56.7 Å². The molecule has 0 spiro atoms. The number of benzene rings is 1. The van der Waals surface area contributed by atoms with E-state index in [0.29, 0.717) is 3.57 Å². The molecule has 0 saturated heterocycles. The van der Waals surface area contributed by atoms with E-state index in [1.54, 1.807) is 71.9 Å². The Labute approximate surface area is 259 Å². The minimum atomic E-state index is -3.39. The topological polar surface area (TPSA) is 182 Å². The number of carbonyl (C=O) groups is 6. The summed E-state index contributed by atoms with van der Waals surface area (Å²) in [6.45, 7) is 9.92. The van der Waals surface area contributed by atoms with Crippen molar-refractivity contribution in [3.8, 4) is 0 Å². The first-order valence-electron chi connectivity index (χ1n) is 13.3. The second kappa shape index (κ2) is 17.5. The van der Waals surface area contributed by atoms with E-state index in [9.17, 15) is 28.8 Å². The number of esters is 2. The number of carbonyl (C=O) groups excluding carboxylic acids is 6. The Bertz CT molecular complexity index is 1050. The first kappa shape index (κ1) is 37.4. The molecule has 0 fully saturated rings. The molecule has 2 atom stereocenters. The number of nitrogens with one attached hydrogen (secondary N) is 2. The summed E-state index contributed by atoms with van der Waals surface area (Å²) in [5, 5.41) is 4.74. The van der Waals surface area contributed by atoms with Gasteiger partial charge in [0.25, 0.3) is 0 Å². The van der Waals surface area contributed by atoms with Crippen LogP contribution in [0.1, 0.15) is 67.2 Å². The molecular formula is C28H41IN2O12. The van der Waals surface area contributed by atoms with Crippen LogP contribution in [0.25, 0.3) is 0 Å². The first-order chi connectivity index (χ1) is 19.9. The van der Waals surface area contributed by atoms with Gasteiger partial charge in [0.2, 0.25) is 0 Å². The normalized spacial score (nSPS) is 12.9. The zero-order chi connectivity index (χ0) is 32.8. The third-order valence-electron chi connectivity index (χ3n) is 4.85. The van der Waals surface area contributed by atoms with Gasteiger partial charge in [0, 0.05) is 0 Å². The van der Waals surface area contributed by atoms with Crippen LogP contribution in [0, 0.1) is 3.57 Å². The summed E-state index contributed by atoms with van der Waals surface area (Å²) in [5.74, 6) is -3.13.